The van der Waals surface area contributed by atoms with Gasteiger partial charge in [0.1, 0.15) is 0 Å². The maximum atomic E-state index is 4.23. The Bertz CT molecular complexity index is 540. The van der Waals surface area contributed by atoms with Crippen LogP contribution in [0.4, 0.5) is 5.69 Å². The standard InChI is InChI=1S/C17H23N3/c1-17(2)9-8-16(12-17)19-15-6-4-14(5-7-15)13-20-11-3-10-18-20/h3-7,10-11,16,19H,8-9,12-13H2,1-2H3. The number of aromatic nitrogens is 2. The molecule has 1 saturated carbocycles. The van der Waals surface area contributed by atoms with E-state index in [1.165, 1.54) is 30.5 Å². The summed E-state index contributed by atoms with van der Waals surface area (Å²) in [6.45, 7) is 5.56. The van der Waals surface area contributed by atoms with Gasteiger partial charge in [0.05, 0.1) is 6.54 Å². The number of hydrogen-bond donors (Lipinski definition) is 1. The van der Waals surface area contributed by atoms with Crippen molar-refractivity contribution in [3.63, 3.8) is 0 Å². The monoisotopic (exact) mass is 269 g/mol. The van der Waals surface area contributed by atoms with E-state index in [0.717, 1.165) is 6.54 Å². The molecule has 0 bridgehead atoms. The summed E-state index contributed by atoms with van der Waals surface area (Å²) >= 11 is 0. The van der Waals surface area contributed by atoms with E-state index in [0.29, 0.717) is 11.5 Å². The lowest BCUT2D eigenvalue weighted by molar-refractivity contribution is 0.378. The van der Waals surface area contributed by atoms with Gasteiger partial charge in [-0.1, -0.05) is 26.0 Å². The van der Waals surface area contributed by atoms with Crippen LogP contribution >= 0.6 is 0 Å². The molecule has 20 heavy (non-hydrogen) atoms. The number of hydrogen-bond acceptors (Lipinski definition) is 2. The van der Waals surface area contributed by atoms with Gasteiger partial charge in [0.2, 0.25) is 0 Å². The Morgan fingerprint density at radius 1 is 1.30 bits per heavy atom. The molecule has 1 unspecified atom stereocenters. The molecule has 1 N–H and O–H groups in total. The molecule has 1 aliphatic carbocycles. The Kier molecular flexibility index (Phi) is 3.51. The lowest BCUT2D eigenvalue weighted by Crippen LogP contribution is -2.17. The fourth-order valence-electron chi connectivity index (χ4n) is 3.08. The fraction of sp³-hybridized carbons (Fsp3) is 0.471. The van der Waals surface area contributed by atoms with Gasteiger partial charge in [0, 0.05) is 24.1 Å². The first-order chi connectivity index (χ1) is 9.61. The molecule has 3 rings (SSSR count). The zero-order valence-electron chi connectivity index (χ0n) is 12.3. The highest BCUT2D eigenvalue weighted by atomic mass is 15.3. The van der Waals surface area contributed by atoms with Crippen LogP contribution in [-0.2, 0) is 6.54 Å². The molecule has 1 fully saturated rings. The minimum absolute atomic E-state index is 0.498. The van der Waals surface area contributed by atoms with Crippen molar-refractivity contribution in [2.24, 2.45) is 5.41 Å². The molecule has 1 aromatic heterocycles. The molecule has 106 valence electrons. The Balaban J connectivity index is 1.59. The quantitative estimate of drug-likeness (QED) is 0.911. The predicted molar refractivity (Wildman–Crippen MR) is 82.8 cm³/mol. The summed E-state index contributed by atoms with van der Waals surface area (Å²) in [6, 6.07) is 11.3. The van der Waals surface area contributed by atoms with Crippen LogP contribution < -0.4 is 5.32 Å². The second-order valence-corrected chi connectivity index (χ2v) is 6.65. The third-order valence-corrected chi connectivity index (χ3v) is 4.20. The van der Waals surface area contributed by atoms with Crippen LogP contribution in [0.2, 0.25) is 0 Å². The van der Waals surface area contributed by atoms with Crippen LogP contribution in [0.25, 0.3) is 0 Å². The van der Waals surface area contributed by atoms with Gasteiger partial charge in [-0.2, -0.15) is 5.10 Å². The second kappa shape index (κ2) is 5.31. The van der Waals surface area contributed by atoms with E-state index in [9.17, 15) is 0 Å². The smallest absolute Gasteiger partial charge is 0.0659 e. The summed E-state index contributed by atoms with van der Waals surface area (Å²) in [7, 11) is 0. The molecule has 3 heteroatoms. The lowest BCUT2D eigenvalue weighted by atomic mass is 9.92. The maximum absolute atomic E-state index is 4.23. The molecule has 0 aliphatic heterocycles. The molecule has 1 atom stereocenters. The number of anilines is 1. The summed E-state index contributed by atoms with van der Waals surface area (Å²) in [5, 5.41) is 7.89. The third kappa shape index (κ3) is 3.21. The fourth-order valence-corrected chi connectivity index (χ4v) is 3.08. The molecule has 3 nitrogen and oxygen atoms in total. The molecular formula is C17H23N3. The van der Waals surface area contributed by atoms with Gasteiger partial charge >= 0.3 is 0 Å². The SMILES string of the molecule is CC1(C)CCC(Nc2ccc(Cn3cccn3)cc2)C1. The first kappa shape index (κ1) is 13.2. The average molecular weight is 269 g/mol. The maximum Gasteiger partial charge on any atom is 0.0659 e. The molecule has 1 aromatic carbocycles. The predicted octanol–water partition coefficient (Wildman–Crippen LogP) is 3.92. The topological polar surface area (TPSA) is 29.9 Å². The van der Waals surface area contributed by atoms with Crippen molar-refractivity contribution in [1.82, 2.24) is 9.78 Å². The normalized spacial score (nSPS) is 21.0. The summed E-state index contributed by atoms with van der Waals surface area (Å²) < 4.78 is 1.95. The van der Waals surface area contributed by atoms with E-state index in [4.69, 9.17) is 0 Å². The van der Waals surface area contributed by atoms with Crippen molar-refractivity contribution in [2.75, 3.05) is 5.32 Å². The third-order valence-electron chi connectivity index (χ3n) is 4.20. The van der Waals surface area contributed by atoms with Crippen molar-refractivity contribution < 1.29 is 0 Å². The second-order valence-electron chi connectivity index (χ2n) is 6.65. The van der Waals surface area contributed by atoms with E-state index in [2.05, 4.69) is 48.5 Å². The zero-order valence-corrected chi connectivity index (χ0v) is 12.3. The summed E-state index contributed by atoms with van der Waals surface area (Å²) in [6.07, 6.45) is 7.68. The number of benzene rings is 1. The van der Waals surface area contributed by atoms with Gasteiger partial charge < -0.3 is 5.32 Å². The van der Waals surface area contributed by atoms with Gasteiger partial charge in [0.15, 0.2) is 0 Å². The molecule has 0 radical (unpaired) electrons. The molecule has 0 amide bonds. The minimum Gasteiger partial charge on any atom is -0.382 e. The molecule has 0 spiro atoms. The first-order valence-electron chi connectivity index (χ1n) is 7.44. The van der Waals surface area contributed by atoms with Crippen LogP contribution in [0.5, 0.6) is 0 Å². The summed E-state index contributed by atoms with van der Waals surface area (Å²) in [4.78, 5) is 0. The van der Waals surface area contributed by atoms with E-state index >= 15 is 0 Å². The van der Waals surface area contributed by atoms with Gasteiger partial charge in [-0.15, -0.1) is 0 Å². The van der Waals surface area contributed by atoms with Crippen LogP contribution in [0.15, 0.2) is 42.7 Å². The Morgan fingerprint density at radius 2 is 2.10 bits per heavy atom. The highest BCUT2D eigenvalue weighted by Gasteiger charge is 2.30. The largest absolute Gasteiger partial charge is 0.382 e. The molecule has 0 saturated heterocycles. The summed E-state index contributed by atoms with van der Waals surface area (Å²) in [5.41, 5.74) is 3.01. The Hall–Kier alpha value is -1.77. The van der Waals surface area contributed by atoms with Crippen LogP contribution in [0.3, 0.4) is 0 Å². The molecule has 1 aliphatic rings. The van der Waals surface area contributed by atoms with Crippen LogP contribution in [0, 0.1) is 5.41 Å². The van der Waals surface area contributed by atoms with Crippen LogP contribution in [-0.4, -0.2) is 15.8 Å². The number of nitrogens with zero attached hydrogens (tertiary/aromatic N) is 2. The van der Waals surface area contributed by atoms with Crippen molar-refractivity contribution in [3.8, 4) is 0 Å². The number of nitrogens with one attached hydrogen (secondary N) is 1. The zero-order chi connectivity index (χ0) is 14.0. The minimum atomic E-state index is 0.498. The van der Waals surface area contributed by atoms with E-state index < -0.39 is 0 Å². The molecule has 1 heterocycles. The van der Waals surface area contributed by atoms with E-state index in [1.54, 1.807) is 0 Å². The Labute approximate surface area is 121 Å². The van der Waals surface area contributed by atoms with Gasteiger partial charge in [0.25, 0.3) is 0 Å². The van der Waals surface area contributed by atoms with Crippen molar-refractivity contribution in [2.45, 2.75) is 45.7 Å². The van der Waals surface area contributed by atoms with Gasteiger partial charge in [-0.3, -0.25) is 4.68 Å². The Morgan fingerprint density at radius 3 is 2.70 bits per heavy atom. The summed E-state index contributed by atoms with van der Waals surface area (Å²) in [5.74, 6) is 0. The van der Waals surface area contributed by atoms with Crippen molar-refractivity contribution in [3.05, 3.63) is 48.3 Å². The number of rotatable bonds is 4. The van der Waals surface area contributed by atoms with Crippen molar-refractivity contribution in [1.29, 1.82) is 0 Å². The van der Waals surface area contributed by atoms with Crippen LogP contribution in [0.1, 0.15) is 38.7 Å². The molecular weight excluding hydrogens is 246 g/mol. The van der Waals surface area contributed by atoms with Gasteiger partial charge in [-0.05, 0) is 48.4 Å². The van der Waals surface area contributed by atoms with E-state index in [-0.39, 0.29) is 0 Å². The molecule has 2 aromatic rings. The first-order valence-corrected chi connectivity index (χ1v) is 7.44. The van der Waals surface area contributed by atoms with Gasteiger partial charge in [-0.25, -0.2) is 0 Å². The highest BCUT2D eigenvalue weighted by molar-refractivity contribution is 5.45. The van der Waals surface area contributed by atoms with Crippen molar-refractivity contribution >= 4 is 5.69 Å². The highest BCUT2D eigenvalue weighted by Crippen LogP contribution is 2.38. The lowest BCUT2D eigenvalue weighted by Gasteiger charge is -2.18. The van der Waals surface area contributed by atoms with E-state index in [1.807, 2.05) is 23.1 Å². The average Bonchev–Trinajstić information content (AvgIpc) is 3.02.